The zero-order chi connectivity index (χ0) is 16.2. The quantitative estimate of drug-likeness (QED) is 0.616. The average molecular weight is 310 g/mol. The first kappa shape index (κ1) is 14.9. The van der Waals surface area contributed by atoms with E-state index in [-0.39, 0.29) is 0 Å². The summed E-state index contributed by atoms with van der Waals surface area (Å²) in [6.45, 7) is 7.14. The molecule has 1 unspecified atom stereocenters. The van der Waals surface area contributed by atoms with Gasteiger partial charge in [-0.15, -0.1) is 0 Å². The predicted molar refractivity (Wildman–Crippen MR) is 95.0 cm³/mol. The number of methoxy groups -OCH3 is 1. The van der Waals surface area contributed by atoms with Crippen molar-refractivity contribution in [3.8, 4) is 5.75 Å². The number of allylic oxidation sites excluding steroid dienone is 2. The van der Waals surface area contributed by atoms with Crippen molar-refractivity contribution in [1.82, 2.24) is 0 Å². The van der Waals surface area contributed by atoms with Crippen LogP contribution in [0.5, 0.6) is 5.75 Å². The van der Waals surface area contributed by atoms with Crippen molar-refractivity contribution in [2.24, 2.45) is 5.41 Å². The van der Waals surface area contributed by atoms with Crippen molar-refractivity contribution in [3.05, 3.63) is 35.1 Å². The molecule has 2 nitrogen and oxygen atoms in total. The van der Waals surface area contributed by atoms with Crippen LogP contribution in [0.3, 0.4) is 0 Å². The van der Waals surface area contributed by atoms with Crippen molar-refractivity contribution in [3.63, 3.8) is 0 Å². The summed E-state index contributed by atoms with van der Waals surface area (Å²) in [6, 6.07) is 6.21. The number of furan rings is 1. The molecule has 0 spiro atoms. The highest BCUT2D eigenvalue weighted by Crippen LogP contribution is 2.52. The van der Waals surface area contributed by atoms with Crippen LogP contribution in [0, 0.1) is 5.41 Å². The second-order valence-electron chi connectivity index (χ2n) is 7.84. The van der Waals surface area contributed by atoms with Gasteiger partial charge in [0, 0.05) is 16.9 Å². The second-order valence-corrected chi connectivity index (χ2v) is 7.84. The van der Waals surface area contributed by atoms with Gasteiger partial charge in [0.15, 0.2) is 0 Å². The van der Waals surface area contributed by atoms with E-state index in [0.29, 0.717) is 11.3 Å². The Bertz CT molecular complexity index is 792. The van der Waals surface area contributed by atoms with Crippen LogP contribution < -0.4 is 4.74 Å². The summed E-state index contributed by atoms with van der Waals surface area (Å²) in [5.41, 5.74) is 5.93. The zero-order valence-corrected chi connectivity index (χ0v) is 14.7. The summed E-state index contributed by atoms with van der Waals surface area (Å²) in [5.74, 6) is 2.58. The van der Waals surface area contributed by atoms with Crippen molar-refractivity contribution < 1.29 is 9.15 Å². The average Bonchev–Trinajstić information content (AvgIpc) is 2.84. The van der Waals surface area contributed by atoms with Gasteiger partial charge in [0.25, 0.3) is 0 Å². The van der Waals surface area contributed by atoms with Gasteiger partial charge in [-0.2, -0.15) is 0 Å². The number of fused-ring (bicyclic) bond motifs is 4. The lowest BCUT2D eigenvalue weighted by atomic mass is 9.70. The molecule has 122 valence electrons. The van der Waals surface area contributed by atoms with Gasteiger partial charge in [-0.05, 0) is 61.3 Å². The molecule has 4 rings (SSSR count). The van der Waals surface area contributed by atoms with Gasteiger partial charge in [-0.25, -0.2) is 0 Å². The lowest BCUT2D eigenvalue weighted by molar-refractivity contribution is 0.364. The maximum absolute atomic E-state index is 6.31. The summed E-state index contributed by atoms with van der Waals surface area (Å²) in [6.07, 6.45) is 6.15. The van der Waals surface area contributed by atoms with Crippen molar-refractivity contribution >= 4 is 16.5 Å². The summed E-state index contributed by atoms with van der Waals surface area (Å²) in [4.78, 5) is 0. The molecule has 23 heavy (non-hydrogen) atoms. The van der Waals surface area contributed by atoms with E-state index in [9.17, 15) is 0 Å². The third-order valence-corrected chi connectivity index (χ3v) is 5.91. The van der Waals surface area contributed by atoms with Gasteiger partial charge in [-0.1, -0.05) is 26.3 Å². The molecule has 2 heteroatoms. The summed E-state index contributed by atoms with van der Waals surface area (Å²) in [5, 5.41) is 1.23. The fourth-order valence-corrected chi connectivity index (χ4v) is 4.56. The lowest BCUT2D eigenvalue weighted by Gasteiger charge is -2.35. The van der Waals surface area contributed by atoms with E-state index in [4.69, 9.17) is 9.15 Å². The van der Waals surface area contributed by atoms with Crippen LogP contribution in [0.15, 0.2) is 28.2 Å². The Morgan fingerprint density at radius 1 is 1.22 bits per heavy atom. The highest BCUT2D eigenvalue weighted by molar-refractivity contribution is 5.95. The number of hydrogen-bond acceptors (Lipinski definition) is 2. The number of benzene rings is 1. The summed E-state index contributed by atoms with van der Waals surface area (Å²) in [7, 11) is 1.73. The maximum atomic E-state index is 6.31. The van der Waals surface area contributed by atoms with E-state index < -0.39 is 0 Å². The first-order valence-corrected chi connectivity index (χ1v) is 8.84. The van der Waals surface area contributed by atoms with Crippen LogP contribution >= 0.6 is 0 Å². The van der Waals surface area contributed by atoms with Gasteiger partial charge < -0.3 is 9.15 Å². The third-order valence-electron chi connectivity index (χ3n) is 5.91. The first-order chi connectivity index (χ1) is 11.0. The molecular formula is C21H26O2. The Morgan fingerprint density at radius 2 is 2.04 bits per heavy atom. The molecule has 1 aromatic heterocycles. The van der Waals surface area contributed by atoms with Gasteiger partial charge in [0.1, 0.15) is 17.1 Å². The van der Waals surface area contributed by atoms with Crippen LogP contribution in [0.1, 0.15) is 70.1 Å². The minimum absolute atomic E-state index is 0.317. The SMILES string of the molecule is COc1ccc2oc3c(c2c1)C1=C(CCC3C)C(C)(C)CCC1. The largest absolute Gasteiger partial charge is 0.497 e. The summed E-state index contributed by atoms with van der Waals surface area (Å²) >= 11 is 0. The van der Waals surface area contributed by atoms with E-state index in [2.05, 4.69) is 32.9 Å². The molecule has 2 aliphatic carbocycles. The smallest absolute Gasteiger partial charge is 0.135 e. The Balaban J connectivity index is 2.04. The Labute approximate surface area is 138 Å². The molecule has 1 atom stereocenters. The van der Waals surface area contributed by atoms with E-state index in [0.717, 1.165) is 11.3 Å². The minimum atomic E-state index is 0.317. The van der Waals surface area contributed by atoms with Crippen LogP contribution in [0.25, 0.3) is 16.5 Å². The number of hydrogen-bond donors (Lipinski definition) is 0. The molecule has 0 bridgehead atoms. The van der Waals surface area contributed by atoms with Crippen LogP contribution in [0.4, 0.5) is 0 Å². The van der Waals surface area contributed by atoms with Crippen LogP contribution in [0.2, 0.25) is 0 Å². The van der Waals surface area contributed by atoms with Crippen LogP contribution in [-0.2, 0) is 0 Å². The zero-order valence-electron chi connectivity index (χ0n) is 14.7. The first-order valence-electron chi connectivity index (χ1n) is 8.84. The normalized spacial score (nSPS) is 23.4. The highest BCUT2D eigenvalue weighted by Gasteiger charge is 2.35. The minimum Gasteiger partial charge on any atom is -0.497 e. The van der Waals surface area contributed by atoms with E-state index in [1.807, 2.05) is 6.07 Å². The Hall–Kier alpha value is -1.70. The van der Waals surface area contributed by atoms with Gasteiger partial charge >= 0.3 is 0 Å². The number of ether oxygens (including phenoxy) is 1. The Kier molecular flexibility index (Phi) is 3.33. The molecule has 0 amide bonds. The van der Waals surface area contributed by atoms with E-state index >= 15 is 0 Å². The predicted octanol–water partition coefficient (Wildman–Crippen LogP) is 6.30. The maximum Gasteiger partial charge on any atom is 0.135 e. The van der Waals surface area contributed by atoms with Crippen LogP contribution in [-0.4, -0.2) is 7.11 Å². The molecule has 0 saturated carbocycles. The molecule has 2 aromatic rings. The number of rotatable bonds is 1. The molecule has 0 saturated heterocycles. The molecule has 1 heterocycles. The Morgan fingerprint density at radius 3 is 2.83 bits per heavy atom. The molecule has 0 aliphatic heterocycles. The van der Waals surface area contributed by atoms with Gasteiger partial charge in [-0.3, -0.25) is 0 Å². The standard InChI is InChI=1S/C21H26O2/c1-13-7-9-17-15(6-5-11-21(17,2)3)19-16-12-14(22-4)8-10-18(16)23-20(13)19/h8,10,12-13H,5-7,9,11H2,1-4H3. The molecule has 1 aromatic carbocycles. The summed E-state index contributed by atoms with van der Waals surface area (Å²) < 4.78 is 11.8. The molecule has 0 N–H and O–H groups in total. The van der Waals surface area contributed by atoms with Crippen molar-refractivity contribution in [1.29, 1.82) is 0 Å². The lowest BCUT2D eigenvalue weighted by Crippen LogP contribution is -2.20. The highest BCUT2D eigenvalue weighted by atomic mass is 16.5. The third kappa shape index (κ3) is 2.22. The van der Waals surface area contributed by atoms with Crippen molar-refractivity contribution in [2.75, 3.05) is 7.11 Å². The molecule has 2 aliphatic rings. The van der Waals surface area contributed by atoms with E-state index in [1.54, 1.807) is 18.3 Å². The van der Waals surface area contributed by atoms with E-state index in [1.165, 1.54) is 48.8 Å². The molecular weight excluding hydrogens is 284 g/mol. The molecule has 0 radical (unpaired) electrons. The van der Waals surface area contributed by atoms with Gasteiger partial charge in [0.2, 0.25) is 0 Å². The second kappa shape index (κ2) is 5.15. The molecule has 0 fully saturated rings. The van der Waals surface area contributed by atoms with Crippen molar-refractivity contribution in [2.45, 2.75) is 58.8 Å². The fourth-order valence-electron chi connectivity index (χ4n) is 4.56. The monoisotopic (exact) mass is 310 g/mol. The topological polar surface area (TPSA) is 22.4 Å². The fraction of sp³-hybridized carbons (Fsp3) is 0.524. The van der Waals surface area contributed by atoms with Gasteiger partial charge in [0.05, 0.1) is 7.11 Å².